The molecule has 0 saturated heterocycles. The number of carbonyl (C=O) groups excluding carboxylic acids is 1. The summed E-state index contributed by atoms with van der Waals surface area (Å²) in [6.07, 6.45) is -0.404. The fraction of sp³-hybridized carbons (Fsp3) is 0.316. The van der Waals surface area contributed by atoms with Crippen LogP contribution in [0.3, 0.4) is 0 Å². The molecule has 4 nitrogen and oxygen atoms in total. The maximum atomic E-state index is 12.1. The first-order valence-corrected chi connectivity index (χ1v) is 8.21. The minimum Gasteiger partial charge on any atom is -0.497 e. The van der Waals surface area contributed by atoms with Crippen molar-refractivity contribution in [2.45, 2.75) is 25.4 Å². The van der Waals surface area contributed by atoms with Gasteiger partial charge < -0.3 is 15.2 Å². The molecule has 0 spiro atoms. The number of benzene rings is 2. The van der Waals surface area contributed by atoms with Crippen molar-refractivity contribution in [3.63, 3.8) is 0 Å². The first kappa shape index (κ1) is 18.3. The van der Waals surface area contributed by atoms with E-state index in [-0.39, 0.29) is 18.4 Å². The van der Waals surface area contributed by atoms with Gasteiger partial charge in [0.1, 0.15) is 5.75 Å². The monoisotopic (exact) mass is 347 g/mol. The first-order valence-electron chi connectivity index (χ1n) is 7.83. The number of nitrogens with one attached hydrogen (secondary N) is 1. The van der Waals surface area contributed by atoms with E-state index in [1.165, 1.54) is 0 Å². The molecule has 1 amide bonds. The summed E-state index contributed by atoms with van der Waals surface area (Å²) < 4.78 is 5.20. The van der Waals surface area contributed by atoms with E-state index in [2.05, 4.69) is 5.32 Å². The molecule has 0 aliphatic carbocycles. The number of hydrogen-bond acceptors (Lipinski definition) is 3. The Kier molecular flexibility index (Phi) is 6.64. The average molecular weight is 348 g/mol. The predicted octanol–water partition coefficient (Wildman–Crippen LogP) is 3.69. The van der Waals surface area contributed by atoms with Gasteiger partial charge in [0.2, 0.25) is 5.91 Å². The largest absolute Gasteiger partial charge is 0.497 e. The van der Waals surface area contributed by atoms with Gasteiger partial charge in [-0.3, -0.25) is 4.79 Å². The number of carbonyl (C=O) groups is 1. The van der Waals surface area contributed by atoms with Gasteiger partial charge in [-0.1, -0.05) is 42.8 Å². The van der Waals surface area contributed by atoms with E-state index in [0.717, 1.165) is 16.9 Å². The van der Waals surface area contributed by atoms with Crippen molar-refractivity contribution in [1.29, 1.82) is 0 Å². The van der Waals surface area contributed by atoms with Crippen molar-refractivity contribution >= 4 is 17.5 Å². The van der Waals surface area contributed by atoms with E-state index < -0.39 is 6.10 Å². The SMILES string of the molecule is COc1cccc(C(C)CC(=O)NCC(O)c2ccc(Cl)cc2)c1. The molecule has 2 aromatic rings. The third kappa shape index (κ3) is 5.25. The molecular weight excluding hydrogens is 326 g/mol. The van der Waals surface area contributed by atoms with Crippen LogP contribution in [0, 0.1) is 0 Å². The lowest BCUT2D eigenvalue weighted by Crippen LogP contribution is -2.29. The summed E-state index contributed by atoms with van der Waals surface area (Å²) in [6.45, 7) is 2.16. The molecule has 2 N–H and O–H groups in total. The highest BCUT2D eigenvalue weighted by Gasteiger charge is 2.14. The van der Waals surface area contributed by atoms with Crippen LogP contribution in [0.4, 0.5) is 0 Å². The van der Waals surface area contributed by atoms with Crippen LogP contribution in [0.25, 0.3) is 0 Å². The number of aliphatic hydroxyl groups is 1. The van der Waals surface area contributed by atoms with Crippen LogP contribution in [0.15, 0.2) is 48.5 Å². The molecule has 0 aromatic heterocycles. The molecule has 0 bridgehead atoms. The Hall–Kier alpha value is -2.04. The average Bonchev–Trinajstić information content (AvgIpc) is 2.60. The van der Waals surface area contributed by atoms with Crippen molar-refractivity contribution in [1.82, 2.24) is 5.32 Å². The van der Waals surface area contributed by atoms with Gasteiger partial charge in [0.15, 0.2) is 0 Å². The number of halogens is 1. The third-order valence-electron chi connectivity index (χ3n) is 3.90. The van der Waals surface area contributed by atoms with Crippen LogP contribution in [-0.4, -0.2) is 24.7 Å². The molecule has 0 saturated carbocycles. The highest BCUT2D eigenvalue weighted by atomic mass is 35.5. The molecule has 2 aromatic carbocycles. The van der Waals surface area contributed by atoms with Gasteiger partial charge in [-0.2, -0.15) is 0 Å². The topological polar surface area (TPSA) is 58.6 Å². The van der Waals surface area contributed by atoms with Crippen LogP contribution in [0.2, 0.25) is 5.02 Å². The van der Waals surface area contributed by atoms with E-state index in [0.29, 0.717) is 11.4 Å². The fourth-order valence-electron chi connectivity index (χ4n) is 2.43. The van der Waals surface area contributed by atoms with Crippen LogP contribution >= 0.6 is 11.6 Å². The molecule has 0 radical (unpaired) electrons. The Balaban J connectivity index is 1.85. The van der Waals surface area contributed by atoms with E-state index in [1.54, 1.807) is 31.4 Å². The van der Waals surface area contributed by atoms with Crippen molar-refractivity contribution in [3.05, 3.63) is 64.7 Å². The zero-order valence-corrected chi connectivity index (χ0v) is 14.6. The highest BCUT2D eigenvalue weighted by Crippen LogP contribution is 2.23. The Labute approximate surface area is 147 Å². The predicted molar refractivity (Wildman–Crippen MR) is 95.4 cm³/mol. The molecule has 2 atom stereocenters. The van der Waals surface area contributed by atoms with Crippen molar-refractivity contribution in [2.75, 3.05) is 13.7 Å². The lowest BCUT2D eigenvalue weighted by Gasteiger charge is -2.15. The van der Waals surface area contributed by atoms with Crippen molar-refractivity contribution < 1.29 is 14.6 Å². The summed E-state index contributed by atoms with van der Waals surface area (Å²) in [5.74, 6) is 0.740. The molecule has 5 heteroatoms. The standard InChI is InChI=1S/C19H22ClNO3/c1-13(15-4-3-5-17(11-15)24-2)10-19(23)21-12-18(22)14-6-8-16(20)9-7-14/h3-9,11,13,18,22H,10,12H2,1-2H3,(H,21,23). The van der Waals surface area contributed by atoms with Gasteiger partial charge in [-0.05, 0) is 41.3 Å². The molecule has 128 valence electrons. The number of rotatable bonds is 7. The zero-order valence-electron chi connectivity index (χ0n) is 13.8. The smallest absolute Gasteiger partial charge is 0.220 e. The Morgan fingerprint density at radius 2 is 1.92 bits per heavy atom. The summed E-state index contributed by atoms with van der Waals surface area (Å²) in [5, 5.41) is 13.5. The van der Waals surface area contributed by atoms with Gasteiger partial charge >= 0.3 is 0 Å². The molecule has 0 aliphatic heterocycles. The number of amides is 1. The quantitative estimate of drug-likeness (QED) is 0.803. The summed E-state index contributed by atoms with van der Waals surface area (Å²) in [5.41, 5.74) is 1.77. The van der Waals surface area contributed by atoms with E-state index in [1.807, 2.05) is 31.2 Å². The Morgan fingerprint density at radius 1 is 1.21 bits per heavy atom. The van der Waals surface area contributed by atoms with Crippen molar-refractivity contribution in [2.24, 2.45) is 0 Å². The lowest BCUT2D eigenvalue weighted by atomic mass is 9.97. The molecular formula is C19H22ClNO3. The second-order valence-corrected chi connectivity index (χ2v) is 6.19. The summed E-state index contributed by atoms with van der Waals surface area (Å²) in [4.78, 5) is 12.1. The maximum absolute atomic E-state index is 12.1. The molecule has 2 rings (SSSR count). The van der Waals surface area contributed by atoms with Gasteiger partial charge in [-0.15, -0.1) is 0 Å². The number of ether oxygens (including phenoxy) is 1. The first-order chi connectivity index (χ1) is 11.5. The molecule has 0 heterocycles. The summed E-state index contributed by atoms with van der Waals surface area (Å²) >= 11 is 5.82. The zero-order chi connectivity index (χ0) is 17.5. The molecule has 2 unspecified atom stereocenters. The number of aliphatic hydroxyl groups excluding tert-OH is 1. The number of methoxy groups -OCH3 is 1. The normalized spacial score (nSPS) is 13.2. The van der Waals surface area contributed by atoms with Crippen LogP contribution in [-0.2, 0) is 4.79 Å². The van der Waals surface area contributed by atoms with Crippen LogP contribution < -0.4 is 10.1 Å². The Morgan fingerprint density at radius 3 is 2.58 bits per heavy atom. The van der Waals surface area contributed by atoms with E-state index in [4.69, 9.17) is 16.3 Å². The highest BCUT2D eigenvalue weighted by molar-refractivity contribution is 6.30. The maximum Gasteiger partial charge on any atom is 0.220 e. The van der Waals surface area contributed by atoms with Gasteiger partial charge in [0, 0.05) is 18.0 Å². The second-order valence-electron chi connectivity index (χ2n) is 5.75. The fourth-order valence-corrected chi connectivity index (χ4v) is 2.56. The summed E-state index contributed by atoms with van der Waals surface area (Å²) in [6, 6.07) is 14.6. The van der Waals surface area contributed by atoms with Crippen molar-refractivity contribution in [3.8, 4) is 5.75 Å². The van der Waals surface area contributed by atoms with E-state index in [9.17, 15) is 9.90 Å². The van der Waals surface area contributed by atoms with Gasteiger partial charge in [0.05, 0.1) is 13.2 Å². The van der Waals surface area contributed by atoms with Crippen LogP contribution in [0.5, 0.6) is 5.75 Å². The Bertz CT molecular complexity index is 673. The van der Waals surface area contributed by atoms with Gasteiger partial charge in [-0.25, -0.2) is 0 Å². The third-order valence-corrected chi connectivity index (χ3v) is 4.15. The molecule has 0 fully saturated rings. The number of hydrogen-bond donors (Lipinski definition) is 2. The van der Waals surface area contributed by atoms with Gasteiger partial charge in [0.25, 0.3) is 0 Å². The summed E-state index contributed by atoms with van der Waals surface area (Å²) in [7, 11) is 1.62. The second kappa shape index (κ2) is 8.71. The minimum atomic E-state index is -0.752. The molecule has 0 aliphatic rings. The van der Waals surface area contributed by atoms with Crippen LogP contribution in [0.1, 0.15) is 36.5 Å². The van der Waals surface area contributed by atoms with E-state index >= 15 is 0 Å². The molecule has 24 heavy (non-hydrogen) atoms. The minimum absolute atomic E-state index is 0.0628. The lowest BCUT2D eigenvalue weighted by molar-refractivity contribution is -0.121.